The van der Waals surface area contributed by atoms with Crippen LogP contribution in [0.4, 0.5) is 28.9 Å². The summed E-state index contributed by atoms with van der Waals surface area (Å²) in [7, 11) is -3.66. The first-order chi connectivity index (χ1) is 18.0. The zero-order valence-corrected chi connectivity index (χ0v) is 21.1. The SMILES string of the molecule is N=S(=O)(NC1CCCC(N2c3ccccc3CCc3cc(F)ccc32)C1O)c1ccc(OC(F)(F)F)cc1. The fraction of sp³-hybridized carbons (Fsp3) is 0.333. The first kappa shape index (κ1) is 26.5. The zero-order valence-electron chi connectivity index (χ0n) is 20.2. The molecule has 3 N–H and O–H groups in total. The fourth-order valence-corrected chi connectivity index (χ4v) is 6.72. The Morgan fingerprint density at radius 2 is 1.66 bits per heavy atom. The summed E-state index contributed by atoms with van der Waals surface area (Å²) < 4.78 is 79.9. The molecule has 2 aliphatic rings. The number of anilines is 2. The molecule has 0 spiro atoms. The lowest BCUT2D eigenvalue weighted by molar-refractivity contribution is -0.274. The molecule has 202 valence electrons. The molecule has 3 aromatic rings. The number of ether oxygens (including phenoxy) is 1. The normalized spacial score (nSPS) is 23.1. The molecule has 6 nitrogen and oxygen atoms in total. The highest BCUT2D eigenvalue weighted by atomic mass is 32.2. The standard InChI is InChI=1S/C27H27F4N3O3S/c28-19-10-15-24-18(16-19)9-8-17-4-1-2-6-23(17)34(24)25-7-3-5-22(26(25)35)33-38(32,36)21-13-11-20(12-14-21)37-27(29,30)31/h1-2,4,6,10-16,22,25-26,35H,3,5,7-9H2,(H2,32,33,36). The molecule has 38 heavy (non-hydrogen) atoms. The van der Waals surface area contributed by atoms with Gasteiger partial charge in [0.05, 0.1) is 17.0 Å². The highest BCUT2D eigenvalue weighted by molar-refractivity contribution is 7.90. The van der Waals surface area contributed by atoms with E-state index in [2.05, 4.69) is 9.46 Å². The van der Waals surface area contributed by atoms with Gasteiger partial charge in [-0.3, -0.25) is 0 Å². The smallest absolute Gasteiger partial charge is 0.406 e. The molecule has 3 aromatic carbocycles. The Kier molecular flexibility index (Phi) is 7.10. The lowest BCUT2D eigenvalue weighted by atomic mass is 9.86. The molecular formula is C27H27F4N3O3S. The van der Waals surface area contributed by atoms with Gasteiger partial charge in [-0.05, 0) is 91.8 Å². The van der Waals surface area contributed by atoms with E-state index >= 15 is 0 Å². The first-order valence-electron chi connectivity index (χ1n) is 12.3. The molecule has 5 rings (SSSR count). The van der Waals surface area contributed by atoms with Crippen LogP contribution in [0.5, 0.6) is 5.75 Å². The van der Waals surface area contributed by atoms with E-state index in [1.807, 2.05) is 29.2 Å². The molecule has 1 aliphatic carbocycles. The molecule has 1 saturated carbocycles. The largest absolute Gasteiger partial charge is 0.573 e. The summed E-state index contributed by atoms with van der Waals surface area (Å²) in [4.78, 5) is 2.01. The third-order valence-corrected chi connectivity index (χ3v) is 8.65. The minimum Gasteiger partial charge on any atom is -0.406 e. The maximum Gasteiger partial charge on any atom is 0.573 e. The van der Waals surface area contributed by atoms with Crippen molar-refractivity contribution in [3.8, 4) is 5.75 Å². The lowest BCUT2D eigenvalue weighted by Gasteiger charge is -2.43. The van der Waals surface area contributed by atoms with Gasteiger partial charge in [0.25, 0.3) is 0 Å². The van der Waals surface area contributed by atoms with E-state index in [1.165, 1.54) is 12.1 Å². The molecule has 0 amide bonds. The number of para-hydroxylation sites is 1. The van der Waals surface area contributed by atoms with E-state index in [1.54, 1.807) is 6.07 Å². The number of rotatable bonds is 5. The topological polar surface area (TPSA) is 85.7 Å². The molecule has 1 fully saturated rings. The van der Waals surface area contributed by atoms with Gasteiger partial charge in [-0.1, -0.05) is 18.2 Å². The third-order valence-electron chi connectivity index (χ3n) is 7.08. The summed E-state index contributed by atoms with van der Waals surface area (Å²) in [6.45, 7) is 0. The van der Waals surface area contributed by atoms with Gasteiger partial charge in [0, 0.05) is 17.4 Å². The van der Waals surface area contributed by atoms with E-state index in [0.717, 1.165) is 46.8 Å². The summed E-state index contributed by atoms with van der Waals surface area (Å²) in [5.74, 6) is -0.817. The summed E-state index contributed by atoms with van der Waals surface area (Å²) in [5.41, 5.74) is 3.60. The van der Waals surface area contributed by atoms with Crippen molar-refractivity contribution in [1.29, 1.82) is 4.78 Å². The predicted octanol–water partition coefficient (Wildman–Crippen LogP) is 5.85. The second-order valence-corrected chi connectivity index (χ2v) is 11.4. The third kappa shape index (κ3) is 5.50. The van der Waals surface area contributed by atoms with Crippen LogP contribution in [0.15, 0.2) is 71.6 Å². The van der Waals surface area contributed by atoms with Gasteiger partial charge in [0.2, 0.25) is 0 Å². The van der Waals surface area contributed by atoms with Crippen molar-refractivity contribution < 1.29 is 31.6 Å². The Hall–Kier alpha value is -3.15. The number of aryl methyl sites for hydroxylation is 2. The van der Waals surface area contributed by atoms with Crippen LogP contribution in [0.25, 0.3) is 0 Å². The predicted molar refractivity (Wildman–Crippen MR) is 135 cm³/mol. The van der Waals surface area contributed by atoms with E-state index in [0.29, 0.717) is 32.1 Å². The van der Waals surface area contributed by atoms with E-state index < -0.39 is 40.2 Å². The van der Waals surface area contributed by atoms with Crippen LogP contribution in [-0.4, -0.2) is 33.9 Å². The van der Waals surface area contributed by atoms with Gasteiger partial charge in [0.15, 0.2) is 0 Å². The molecule has 4 unspecified atom stereocenters. The number of hydrogen-bond donors (Lipinski definition) is 3. The Balaban J connectivity index is 1.42. The minimum atomic E-state index is -4.86. The highest BCUT2D eigenvalue weighted by Gasteiger charge is 2.39. The summed E-state index contributed by atoms with van der Waals surface area (Å²) in [6, 6.07) is 15.6. The molecule has 1 aliphatic heterocycles. The van der Waals surface area contributed by atoms with Crippen LogP contribution < -0.4 is 14.4 Å². The van der Waals surface area contributed by atoms with Gasteiger partial charge in [0.1, 0.15) is 21.5 Å². The number of aliphatic hydroxyl groups excluding tert-OH is 1. The van der Waals surface area contributed by atoms with Crippen LogP contribution in [0.2, 0.25) is 0 Å². The van der Waals surface area contributed by atoms with Crippen LogP contribution in [0, 0.1) is 10.6 Å². The van der Waals surface area contributed by atoms with Crippen molar-refractivity contribution in [2.75, 3.05) is 4.90 Å². The summed E-state index contributed by atoms with van der Waals surface area (Å²) in [6.07, 6.45) is -2.81. The van der Waals surface area contributed by atoms with E-state index in [-0.39, 0.29) is 10.7 Å². The molecule has 0 aromatic heterocycles. The number of alkyl halides is 3. The van der Waals surface area contributed by atoms with Crippen LogP contribution in [0.3, 0.4) is 0 Å². The summed E-state index contributed by atoms with van der Waals surface area (Å²) >= 11 is 0. The molecule has 0 bridgehead atoms. The number of nitrogens with zero attached hydrogens (tertiary/aromatic N) is 1. The monoisotopic (exact) mass is 549 g/mol. The minimum absolute atomic E-state index is 0.0257. The number of nitrogens with one attached hydrogen (secondary N) is 2. The Morgan fingerprint density at radius 1 is 0.974 bits per heavy atom. The Morgan fingerprint density at radius 3 is 2.39 bits per heavy atom. The molecule has 0 saturated heterocycles. The Bertz CT molecular complexity index is 1410. The zero-order chi connectivity index (χ0) is 27.1. The summed E-state index contributed by atoms with van der Waals surface area (Å²) in [5, 5.41) is 11.5. The molecule has 0 radical (unpaired) electrons. The van der Waals surface area contributed by atoms with Gasteiger partial charge in [-0.2, -0.15) is 0 Å². The van der Waals surface area contributed by atoms with Gasteiger partial charge >= 0.3 is 6.36 Å². The number of benzene rings is 3. The Labute approximate surface area is 218 Å². The van der Waals surface area contributed by atoms with Crippen molar-refractivity contribution in [1.82, 2.24) is 4.72 Å². The second-order valence-electron chi connectivity index (χ2n) is 9.56. The molecular weight excluding hydrogens is 522 g/mol. The van der Waals surface area contributed by atoms with Crippen molar-refractivity contribution in [2.24, 2.45) is 0 Å². The number of halogens is 4. The highest BCUT2D eigenvalue weighted by Crippen LogP contribution is 2.41. The van der Waals surface area contributed by atoms with Crippen molar-refractivity contribution in [3.63, 3.8) is 0 Å². The van der Waals surface area contributed by atoms with Crippen molar-refractivity contribution in [2.45, 2.75) is 61.5 Å². The second kappa shape index (κ2) is 10.2. The van der Waals surface area contributed by atoms with Crippen molar-refractivity contribution in [3.05, 3.63) is 83.7 Å². The van der Waals surface area contributed by atoms with Gasteiger partial charge < -0.3 is 14.7 Å². The molecule has 4 atom stereocenters. The number of aliphatic hydroxyl groups is 1. The van der Waals surface area contributed by atoms with E-state index in [9.17, 15) is 26.9 Å². The maximum absolute atomic E-state index is 14.1. The van der Waals surface area contributed by atoms with Gasteiger partial charge in [-0.15, -0.1) is 13.2 Å². The number of hydrogen-bond acceptors (Lipinski definition) is 5. The van der Waals surface area contributed by atoms with Crippen LogP contribution in [-0.2, 0) is 22.8 Å². The number of fused-ring (bicyclic) bond motifs is 2. The fourth-order valence-electron chi connectivity index (χ4n) is 5.38. The average molecular weight is 550 g/mol. The van der Waals surface area contributed by atoms with Crippen LogP contribution >= 0.6 is 0 Å². The lowest BCUT2D eigenvalue weighted by Crippen LogP contribution is -2.55. The van der Waals surface area contributed by atoms with E-state index in [4.69, 9.17) is 4.78 Å². The molecule has 1 heterocycles. The quantitative estimate of drug-likeness (QED) is 0.349. The van der Waals surface area contributed by atoms with Crippen molar-refractivity contribution >= 4 is 21.3 Å². The van der Waals surface area contributed by atoms with Crippen LogP contribution in [0.1, 0.15) is 30.4 Å². The maximum atomic E-state index is 14.1. The average Bonchev–Trinajstić information content (AvgIpc) is 3.01. The molecule has 11 heteroatoms. The van der Waals surface area contributed by atoms with Gasteiger partial charge in [-0.25, -0.2) is 18.1 Å². The first-order valence-corrected chi connectivity index (χ1v) is 13.8.